The van der Waals surface area contributed by atoms with Crippen molar-refractivity contribution in [1.82, 2.24) is 9.97 Å². The highest BCUT2D eigenvalue weighted by Gasteiger charge is 2.02. The monoisotopic (exact) mass is 327 g/mol. The number of aromatic nitrogens is 2. The summed E-state index contributed by atoms with van der Waals surface area (Å²) < 4.78 is 0.954. The minimum Gasteiger partial charge on any atom is -0.508 e. The Balaban J connectivity index is 2.09. The van der Waals surface area contributed by atoms with Crippen LogP contribution >= 0.6 is 22.6 Å². The fourth-order valence-corrected chi connectivity index (χ4v) is 1.77. The van der Waals surface area contributed by atoms with E-state index in [-0.39, 0.29) is 0 Å². The van der Waals surface area contributed by atoms with Crippen molar-refractivity contribution >= 4 is 28.4 Å². The van der Waals surface area contributed by atoms with Gasteiger partial charge >= 0.3 is 0 Å². The van der Waals surface area contributed by atoms with Gasteiger partial charge in [0.2, 0.25) is 0 Å². The van der Waals surface area contributed by atoms with Crippen molar-refractivity contribution in [2.75, 3.05) is 5.32 Å². The molecule has 0 saturated heterocycles. The molecule has 1 heterocycles. The number of benzene rings is 1. The minimum atomic E-state index is 0.291. The molecule has 2 aromatic rings. The lowest BCUT2D eigenvalue weighted by Crippen LogP contribution is -2.03. The number of hydrogen-bond donors (Lipinski definition) is 2. The van der Waals surface area contributed by atoms with Gasteiger partial charge in [0, 0.05) is 18.3 Å². The first-order chi connectivity index (χ1) is 7.77. The van der Waals surface area contributed by atoms with E-state index in [2.05, 4.69) is 37.9 Å². The van der Waals surface area contributed by atoms with Crippen LogP contribution < -0.4 is 5.32 Å². The topological polar surface area (TPSA) is 58.0 Å². The summed E-state index contributed by atoms with van der Waals surface area (Å²) in [4.78, 5) is 8.02. The number of nitrogens with one attached hydrogen (secondary N) is 1. The number of aromatic hydroxyl groups is 1. The normalized spacial score (nSPS) is 10.1. The molecular weight excluding hydrogens is 317 g/mol. The number of nitrogens with zero attached hydrogens (tertiary/aromatic N) is 2. The third kappa shape index (κ3) is 2.60. The fraction of sp³-hybridized carbons (Fsp3) is 0.0909. The molecule has 0 saturated carbocycles. The highest BCUT2D eigenvalue weighted by molar-refractivity contribution is 14.1. The van der Waals surface area contributed by atoms with E-state index in [4.69, 9.17) is 0 Å². The van der Waals surface area contributed by atoms with Crippen LogP contribution in [-0.2, 0) is 6.54 Å². The first-order valence-electron chi connectivity index (χ1n) is 4.73. The molecule has 4 nitrogen and oxygen atoms in total. The van der Waals surface area contributed by atoms with E-state index in [0.29, 0.717) is 12.3 Å². The van der Waals surface area contributed by atoms with E-state index < -0.39 is 0 Å². The highest BCUT2D eigenvalue weighted by atomic mass is 127. The molecule has 1 aromatic carbocycles. The number of hydrogen-bond acceptors (Lipinski definition) is 4. The van der Waals surface area contributed by atoms with Gasteiger partial charge in [-0.1, -0.05) is 18.2 Å². The number of rotatable bonds is 3. The van der Waals surface area contributed by atoms with Gasteiger partial charge in [0.05, 0.1) is 3.57 Å². The van der Waals surface area contributed by atoms with Crippen molar-refractivity contribution in [3.8, 4) is 5.75 Å². The molecule has 1 aromatic heterocycles. The van der Waals surface area contributed by atoms with Crippen LogP contribution in [0.1, 0.15) is 5.56 Å². The maximum atomic E-state index is 9.58. The molecule has 0 aliphatic rings. The molecule has 5 heteroatoms. The van der Waals surface area contributed by atoms with Crippen molar-refractivity contribution < 1.29 is 5.11 Å². The summed E-state index contributed by atoms with van der Waals surface area (Å²) >= 11 is 2.16. The average Bonchev–Trinajstić information content (AvgIpc) is 2.30. The predicted molar refractivity (Wildman–Crippen MR) is 70.2 cm³/mol. The number of halogens is 1. The summed E-state index contributed by atoms with van der Waals surface area (Å²) in [5, 5.41) is 12.7. The third-order valence-corrected chi connectivity index (χ3v) is 2.89. The summed E-state index contributed by atoms with van der Waals surface area (Å²) in [6, 6.07) is 7.23. The summed E-state index contributed by atoms with van der Waals surface area (Å²) in [6.45, 7) is 0.541. The Morgan fingerprint density at radius 1 is 1.31 bits per heavy atom. The first-order valence-corrected chi connectivity index (χ1v) is 5.81. The van der Waals surface area contributed by atoms with Gasteiger partial charge in [-0.25, -0.2) is 9.97 Å². The molecule has 2 N–H and O–H groups in total. The fourth-order valence-electron chi connectivity index (χ4n) is 1.28. The number of para-hydroxylation sites is 1. The summed E-state index contributed by atoms with van der Waals surface area (Å²) in [5.74, 6) is 1.07. The molecule has 2 rings (SSSR count). The Hall–Kier alpha value is -1.37. The maximum Gasteiger partial charge on any atom is 0.143 e. The Kier molecular flexibility index (Phi) is 3.55. The van der Waals surface area contributed by atoms with Crippen LogP contribution in [-0.4, -0.2) is 15.1 Å². The zero-order chi connectivity index (χ0) is 11.4. The molecule has 0 fully saturated rings. The standard InChI is InChI=1S/C11H10IN3O/c12-9-6-13-7-15-11(9)14-5-8-3-1-2-4-10(8)16/h1-4,6-7,16H,5H2,(H,13,14,15). The van der Waals surface area contributed by atoms with Crippen LogP contribution in [0.5, 0.6) is 5.75 Å². The van der Waals surface area contributed by atoms with Crippen molar-refractivity contribution in [3.05, 3.63) is 45.9 Å². The number of anilines is 1. The molecule has 16 heavy (non-hydrogen) atoms. The number of phenols is 1. The maximum absolute atomic E-state index is 9.58. The first kappa shape index (κ1) is 11.1. The van der Waals surface area contributed by atoms with Gasteiger partial charge in [-0.15, -0.1) is 0 Å². The predicted octanol–water partition coefficient (Wildman–Crippen LogP) is 2.40. The molecule has 0 unspecified atom stereocenters. The third-order valence-electron chi connectivity index (χ3n) is 2.11. The smallest absolute Gasteiger partial charge is 0.143 e. The van der Waals surface area contributed by atoms with E-state index in [1.807, 2.05) is 12.1 Å². The van der Waals surface area contributed by atoms with Crippen molar-refractivity contribution in [3.63, 3.8) is 0 Å². The molecule has 0 amide bonds. The zero-order valence-electron chi connectivity index (χ0n) is 8.39. The molecule has 0 aliphatic heterocycles. The van der Waals surface area contributed by atoms with E-state index in [0.717, 1.165) is 15.0 Å². The highest BCUT2D eigenvalue weighted by Crippen LogP contribution is 2.18. The lowest BCUT2D eigenvalue weighted by molar-refractivity contribution is 0.469. The quantitative estimate of drug-likeness (QED) is 0.850. The van der Waals surface area contributed by atoms with Crippen LogP contribution in [0.4, 0.5) is 5.82 Å². The molecule has 82 valence electrons. The van der Waals surface area contributed by atoms with Gasteiger partial charge in [0.25, 0.3) is 0 Å². The summed E-state index contributed by atoms with van der Waals surface area (Å²) in [7, 11) is 0. The molecule has 0 aliphatic carbocycles. The number of phenolic OH excluding ortho intramolecular Hbond substituents is 1. The van der Waals surface area contributed by atoms with Crippen molar-refractivity contribution in [1.29, 1.82) is 0 Å². The average molecular weight is 327 g/mol. The van der Waals surface area contributed by atoms with Crippen LogP contribution in [0.15, 0.2) is 36.8 Å². The van der Waals surface area contributed by atoms with E-state index >= 15 is 0 Å². The molecule has 0 bridgehead atoms. The second-order valence-corrected chi connectivity index (χ2v) is 4.36. The van der Waals surface area contributed by atoms with Crippen LogP contribution in [0.2, 0.25) is 0 Å². The van der Waals surface area contributed by atoms with Gasteiger partial charge in [0.1, 0.15) is 17.9 Å². The lowest BCUT2D eigenvalue weighted by Gasteiger charge is -2.07. The van der Waals surface area contributed by atoms with Gasteiger partial charge in [-0.3, -0.25) is 0 Å². The van der Waals surface area contributed by atoms with Crippen LogP contribution in [0, 0.1) is 3.57 Å². The van der Waals surface area contributed by atoms with Gasteiger partial charge in [0.15, 0.2) is 0 Å². The van der Waals surface area contributed by atoms with Crippen molar-refractivity contribution in [2.45, 2.75) is 6.54 Å². The second-order valence-electron chi connectivity index (χ2n) is 3.20. The van der Waals surface area contributed by atoms with Crippen LogP contribution in [0.3, 0.4) is 0 Å². The van der Waals surface area contributed by atoms with E-state index in [9.17, 15) is 5.11 Å². The van der Waals surface area contributed by atoms with Crippen LogP contribution in [0.25, 0.3) is 0 Å². The summed E-state index contributed by atoms with van der Waals surface area (Å²) in [6.07, 6.45) is 3.23. The lowest BCUT2D eigenvalue weighted by atomic mass is 10.2. The Morgan fingerprint density at radius 3 is 2.88 bits per heavy atom. The van der Waals surface area contributed by atoms with E-state index in [1.54, 1.807) is 18.3 Å². The second kappa shape index (κ2) is 5.11. The Labute approximate surface area is 107 Å². The Morgan fingerprint density at radius 2 is 2.12 bits per heavy atom. The minimum absolute atomic E-state index is 0.291. The summed E-state index contributed by atoms with van der Waals surface area (Å²) in [5.41, 5.74) is 0.844. The zero-order valence-corrected chi connectivity index (χ0v) is 10.5. The van der Waals surface area contributed by atoms with Gasteiger partial charge in [-0.05, 0) is 28.7 Å². The van der Waals surface area contributed by atoms with E-state index in [1.165, 1.54) is 6.33 Å². The van der Waals surface area contributed by atoms with Gasteiger partial charge in [-0.2, -0.15) is 0 Å². The Bertz CT molecular complexity index is 445. The molecular formula is C11H10IN3O. The molecule has 0 atom stereocenters. The molecule has 0 spiro atoms. The SMILES string of the molecule is Oc1ccccc1CNc1ncncc1I. The van der Waals surface area contributed by atoms with Gasteiger partial charge < -0.3 is 10.4 Å². The van der Waals surface area contributed by atoms with Crippen molar-refractivity contribution in [2.24, 2.45) is 0 Å². The largest absolute Gasteiger partial charge is 0.508 e. The molecule has 0 radical (unpaired) electrons.